The van der Waals surface area contributed by atoms with Crippen molar-refractivity contribution in [2.45, 2.75) is 58.8 Å². The number of rotatable bonds is 0. The van der Waals surface area contributed by atoms with E-state index in [1.165, 1.54) is 33.4 Å². The van der Waals surface area contributed by atoms with Gasteiger partial charge in [-0.25, -0.2) is 0 Å². The maximum atomic E-state index is 2.32. The van der Waals surface area contributed by atoms with Crippen molar-refractivity contribution in [1.82, 2.24) is 0 Å². The summed E-state index contributed by atoms with van der Waals surface area (Å²) in [7, 11) is 0. The van der Waals surface area contributed by atoms with Crippen LogP contribution in [-0.4, -0.2) is 0 Å². The van der Waals surface area contributed by atoms with Crippen molar-refractivity contribution in [3.63, 3.8) is 0 Å². The minimum Gasteiger partial charge on any atom is -0.0616 e. The van der Waals surface area contributed by atoms with Crippen molar-refractivity contribution >= 4 is 0 Å². The first kappa shape index (κ1) is 14.4. The highest BCUT2D eigenvalue weighted by atomic mass is 14.3. The van der Waals surface area contributed by atoms with Crippen LogP contribution in [0.2, 0.25) is 0 Å². The second kappa shape index (κ2) is 4.47. The van der Waals surface area contributed by atoms with Gasteiger partial charge < -0.3 is 0 Å². The normalized spacial score (nSPS) is 14.0. The van der Waals surface area contributed by atoms with Crippen LogP contribution < -0.4 is 0 Å². The average molecular weight is 278 g/mol. The number of hydrogen-bond acceptors (Lipinski definition) is 0. The molecule has 1 aliphatic carbocycles. The van der Waals surface area contributed by atoms with E-state index in [0.29, 0.717) is 0 Å². The molecule has 0 nitrogen and oxygen atoms in total. The number of hydrogen-bond donors (Lipinski definition) is 0. The molecule has 2 aromatic rings. The minimum atomic E-state index is 0.185. The van der Waals surface area contributed by atoms with Crippen LogP contribution in [0, 0.1) is 0 Å². The van der Waals surface area contributed by atoms with E-state index in [1.807, 2.05) is 0 Å². The predicted molar refractivity (Wildman–Crippen MR) is 92.1 cm³/mol. The third kappa shape index (κ3) is 2.31. The molecule has 0 amide bonds. The van der Waals surface area contributed by atoms with Crippen LogP contribution in [0.1, 0.15) is 63.8 Å². The second-order valence-corrected chi connectivity index (χ2v) is 8.35. The largest absolute Gasteiger partial charge is 0.0616 e. The summed E-state index contributed by atoms with van der Waals surface area (Å²) in [6.07, 6.45) is 1.09. The average Bonchev–Trinajstić information content (AvgIpc) is 2.74. The lowest BCUT2D eigenvalue weighted by atomic mass is 9.80. The smallest absolute Gasteiger partial charge is 0.00104 e. The molecule has 2 aromatic carbocycles. The molecule has 0 atom stereocenters. The van der Waals surface area contributed by atoms with Crippen molar-refractivity contribution < 1.29 is 0 Å². The van der Waals surface area contributed by atoms with Gasteiger partial charge in [-0.15, -0.1) is 0 Å². The molecule has 0 saturated heterocycles. The zero-order chi connectivity index (χ0) is 15.4. The molecule has 0 radical (unpaired) electrons. The van der Waals surface area contributed by atoms with Crippen LogP contribution in [0.15, 0.2) is 36.4 Å². The zero-order valence-electron chi connectivity index (χ0n) is 14.2. The van der Waals surface area contributed by atoms with Gasteiger partial charge in [0.2, 0.25) is 0 Å². The van der Waals surface area contributed by atoms with Gasteiger partial charge >= 0.3 is 0 Å². The molecule has 21 heavy (non-hydrogen) atoms. The summed E-state index contributed by atoms with van der Waals surface area (Å²) in [5.41, 5.74) is 9.35. The molecule has 0 unspecified atom stereocenters. The van der Waals surface area contributed by atoms with Gasteiger partial charge in [0.25, 0.3) is 0 Å². The number of fused-ring (bicyclic) bond motifs is 3. The Balaban J connectivity index is 2.28. The van der Waals surface area contributed by atoms with Crippen LogP contribution in [0.5, 0.6) is 0 Å². The van der Waals surface area contributed by atoms with Gasteiger partial charge in [-0.05, 0) is 50.6 Å². The van der Waals surface area contributed by atoms with Gasteiger partial charge in [-0.2, -0.15) is 0 Å². The van der Waals surface area contributed by atoms with Crippen molar-refractivity contribution in [2.75, 3.05) is 0 Å². The highest BCUT2D eigenvalue weighted by Gasteiger charge is 2.30. The summed E-state index contributed by atoms with van der Waals surface area (Å²) in [6, 6.07) is 13.7. The molecular weight excluding hydrogens is 252 g/mol. The Morgan fingerprint density at radius 2 is 1.29 bits per heavy atom. The standard InChI is InChI=1S/C21H26/c1-20(2,3)17-11-8-10-15-16(17)13-14-9-7-12-18(19(14)15)21(4,5)6/h7-12H,13H2,1-6H3. The second-order valence-electron chi connectivity index (χ2n) is 8.35. The Kier molecular flexibility index (Phi) is 3.06. The third-order valence-electron chi connectivity index (χ3n) is 4.58. The first-order valence-electron chi connectivity index (χ1n) is 7.95. The summed E-state index contributed by atoms with van der Waals surface area (Å²) in [5, 5.41) is 0. The van der Waals surface area contributed by atoms with E-state index in [4.69, 9.17) is 0 Å². The molecule has 0 aliphatic heterocycles. The summed E-state index contributed by atoms with van der Waals surface area (Å²) >= 11 is 0. The summed E-state index contributed by atoms with van der Waals surface area (Å²) in [4.78, 5) is 0. The highest BCUT2D eigenvalue weighted by Crippen LogP contribution is 2.45. The Bertz CT molecular complexity index is 691. The Morgan fingerprint density at radius 3 is 1.90 bits per heavy atom. The molecule has 0 spiro atoms. The molecule has 110 valence electrons. The van der Waals surface area contributed by atoms with Crippen LogP contribution in [0.4, 0.5) is 0 Å². The SMILES string of the molecule is CC(C)(C)c1cccc2c1Cc1cccc(C(C)(C)C)c1-2. The molecule has 0 bridgehead atoms. The van der Waals surface area contributed by atoms with E-state index in [2.05, 4.69) is 77.9 Å². The summed E-state index contributed by atoms with van der Waals surface area (Å²) in [6.45, 7) is 13.9. The van der Waals surface area contributed by atoms with Crippen molar-refractivity contribution in [3.05, 3.63) is 58.7 Å². The van der Waals surface area contributed by atoms with Gasteiger partial charge in [0.15, 0.2) is 0 Å². The van der Waals surface area contributed by atoms with Gasteiger partial charge in [0.1, 0.15) is 0 Å². The van der Waals surface area contributed by atoms with Gasteiger partial charge in [-0.3, -0.25) is 0 Å². The van der Waals surface area contributed by atoms with Crippen LogP contribution in [-0.2, 0) is 17.3 Å². The molecule has 0 saturated carbocycles. The van der Waals surface area contributed by atoms with Gasteiger partial charge in [0.05, 0.1) is 0 Å². The Labute approximate surface area is 129 Å². The number of benzene rings is 2. The maximum absolute atomic E-state index is 2.32. The van der Waals surface area contributed by atoms with E-state index < -0.39 is 0 Å². The van der Waals surface area contributed by atoms with Crippen molar-refractivity contribution in [2.24, 2.45) is 0 Å². The monoisotopic (exact) mass is 278 g/mol. The highest BCUT2D eigenvalue weighted by molar-refractivity contribution is 5.81. The predicted octanol–water partition coefficient (Wildman–Crippen LogP) is 5.85. The third-order valence-corrected chi connectivity index (χ3v) is 4.58. The minimum absolute atomic E-state index is 0.185. The van der Waals surface area contributed by atoms with Crippen molar-refractivity contribution in [1.29, 1.82) is 0 Å². The maximum Gasteiger partial charge on any atom is -0.00104 e. The Morgan fingerprint density at radius 1 is 0.714 bits per heavy atom. The molecular formula is C21H26. The van der Waals surface area contributed by atoms with E-state index in [-0.39, 0.29) is 10.8 Å². The molecule has 0 heteroatoms. The van der Waals surface area contributed by atoms with E-state index >= 15 is 0 Å². The van der Waals surface area contributed by atoms with E-state index in [0.717, 1.165) is 6.42 Å². The summed E-state index contributed by atoms with van der Waals surface area (Å²) < 4.78 is 0. The lowest BCUT2D eigenvalue weighted by molar-refractivity contribution is 0.585. The fourth-order valence-electron chi connectivity index (χ4n) is 3.60. The topological polar surface area (TPSA) is 0 Å². The quantitative estimate of drug-likeness (QED) is 0.483. The van der Waals surface area contributed by atoms with Gasteiger partial charge in [0, 0.05) is 0 Å². The molecule has 0 fully saturated rings. The van der Waals surface area contributed by atoms with Crippen LogP contribution in [0.25, 0.3) is 11.1 Å². The van der Waals surface area contributed by atoms with Crippen LogP contribution in [0.3, 0.4) is 0 Å². The molecule has 0 N–H and O–H groups in total. The Hall–Kier alpha value is -1.56. The summed E-state index contributed by atoms with van der Waals surface area (Å²) in [5.74, 6) is 0. The lowest BCUT2D eigenvalue weighted by Gasteiger charge is -2.24. The zero-order valence-corrected chi connectivity index (χ0v) is 14.2. The lowest BCUT2D eigenvalue weighted by Crippen LogP contribution is -2.14. The molecule has 3 rings (SSSR count). The first-order valence-corrected chi connectivity index (χ1v) is 7.95. The van der Waals surface area contributed by atoms with Crippen molar-refractivity contribution in [3.8, 4) is 11.1 Å². The van der Waals surface area contributed by atoms with Gasteiger partial charge in [-0.1, -0.05) is 77.9 Å². The molecule has 0 aromatic heterocycles. The van der Waals surface area contributed by atoms with Crippen LogP contribution >= 0.6 is 0 Å². The first-order chi connectivity index (χ1) is 9.69. The molecule has 1 aliphatic rings. The fraction of sp³-hybridized carbons (Fsp3) is 0.429. The molecule has 0 heterocycles. The van der Waals surface area contributed by atoms with E-state index in [1.54, 1.807) is 0 Å². The fourth-order valence-corrected chi connectivity index (χ4v) is 3.60. The van der Waals surface area contributed by atoms with E-state index in [9.17, 15) is 0 Å².